The monoisotopic (exact) mass is 242 g/mol. The van der Waals surface area contributed by atoms with E-state index in [-0.39, 0.29) is 5.41 Å². The van der Waals surface area contributed by atoms with Gasteiger partial charge in [0.15, 0.2) is 0 Å². The SMILES string of the molecule is C=C1Nc2ccccc2C12CCN(CCC)CC2. The molecule has 0 radical (unpaired) electrons. The maximum Gasteiger partial charge on any atom is 0.0424 e. The van der Waals surface area contributed by atoms with Crippen molar-refractivity contribution in [1.82, 2.24) is 4.90 Å². The Morgan fingerprint density at radius 2 is 2.00 bits per heavy atom. The number of hydrogen-bond acceptors (Lipinski definition) is 2. The minimum atomic E-state index is 0.195. The molecule has 1 spiro atoms. The fraction of sp³-hybridized carbons (Fsp3) is 0.500. The van der Waals surface area contributed by atoms with E-state index >= 15 is 0 Å². The number of rotatable bonds is 2. The maximum absolute atomic E-state index is 4.29. The molecular formula is C16H22N2. The third-order valence-electron chi connectivity index (χ3n) is 4.56. The molecule has 2 nitrogen and oxygen atoms in total. The average Bonchev–Trinajstić information content (AvgIpc) is 2.66. The first-order valence-corrected chi connectivity index (χ1v) is 7.04. The van der Waals surface area contributed by atoms with Gasteiger partial charge in [-0.15, -0.1) is 0 Å². The zero-order chi connectivity index (χ0) is 12.6. The lowest BCUT2D eigenvalue weighted by molar-refractivity contribution is 0.181. The van der Waals surface area contributed by atoms with Gasteiger partial charge in [-0.3, -0.25) is 0 Å². The van der Waals surface area contributed by atoms with Crippen molar-refractivity contribution in [2.24, 2.45) is 0 Å². The standard InChI is InChI=1S/C16H22N2/c1-3-10-18-11-8-16(9-12-18)13(2)17-15-7-5-4-6-14(15)16/h4-7,17H,2-3,8-12H2,1H3. The summed E-state index contributed by atoms with van der Waals surface area (Å²) in [7, 11) is 0. The Bertz CT molecular complexity index is 456. The van der Waals surface area contributed by atoms with Crippen LogP contribution in [0.2, 0.25) is 0 Å². The van der Waals surface area contributed by atoms with Gasteiger partial charge in [-0.05, 0) is 50.5 Å². The highest BCUT2D eigenvalue weighted by Crippen LogP contribution is 2.49. The highest BCUT2D eigenvalue weighted by atomic mass is 15.1. The lowest BCUT2D eigenvalue weighted by atomic mass is 9.72. The van der Waals surface area contributed by atoms with Gasteiger partial charge in [0.2, 0.25) is 0 Å². The number of nitrogens with one attached hydrogen (secondary N) is 1. The van der Waals surface area contributed by atoms with Crippen LogP contribution in [0, 0.1) is 0 Å². The van der Waals surface area contributed by atoms with E-state index in [1.54, 1.807) is 0 Å². The van der Waals surface area contributed by atoms with Crippen molar-refractivity contribution in [1.29, 1.82) is 0 Å². The Labute approximate surface area is 110 Å². The van der Waals surface area contributed by atoms with E-state index in [1.807, 2.05) is 0 Å². The van der Waals surface area contributed by atoms with E-state index < -0.39 is 0 Å². The summed E-state index contributed by atoms with van der Waals surface area (Å²) < 4.78 is 0. The van der Waals surface area contributed by atoms with Crippen molar-refractivity contribution in [3.63, 3.8) is 0 Å². The molecule has 0 atom stereocenters. The first-order valence-electron chi connectivity index (χ1n) is 7.04. The van der Waals surface area contributed by atoms with Crippen LogP contribution in [-0.4, -0.2) is 24.5 Å². The number of likely N-dealkylation sites (tertiary alicyclic amines) is 1. The second-order valence-electron chi connectivity index (χ2n) is 5.57. The smallest absolute Gasteiger partial charge is 0.0424 e. The highest BCUT2D eigenvalue weighted by molar-refractivity contribution is 5.68. The van der Waals surface area contributed by atoms with Crippen LogP contribution in [0.25, 0.3) is 0 Å². The molecule has 0 saturated carbocycles. The van der Waals surface area contributed by atoms with Crippen molar-refractivity contribution < 1.29 is 0 Å². The number of fused-ring (bicyclic) bond motifs is 2. The molecular weight excluding hydrogens is 220 g/mol. The van der Waals surface area contributed by atoms with Crippen molar-refractivity contribution in [3.8, 4) is 0 Å². The fourth-order valence-electron chi connectivity index (χ4n) is 3.50. The molecule has 18 heavy (non-hydrogen) atoms. The quantitative estimate of drug-likeness (QED) is 0.855. The van der Waals surface area contributed by atoms with Crippen LogP contribution < -0.4 is 5.32 Å². The molecule has 0 amide bonds. The number of para-hydroxylation sites is 1. The molecule has 0 unspecified atom stereocenters. The minimum Gasteiger partial charge on any atom is -0.358 e. The van der Waals surface area contributed by atoms with E-state index in [0.717, 1.165) is 0 Å². The Morgan fingerprint density at radius 3 is 2.72 bits per heavy atom. The molecule has 96 valence electrons. The maximum atomic E-state index is 4.29. The number of anilines is 1. The van der Waals surface area contributed by atoms with E-state index in [0.29, 0.717) is 0 Å². The van der Waals surface area contributed by atoms with Gasteiger partial charge in [0, 0.05) is 16.8 Å². The largest absolute Gasteiger partial charge is 0.358 e. The molecule has 0 aliphatic carbocycles. The third-order valence-corrected chi connectivity index (χ3v) is 4.56. The molecule has 0 aromatic heterocycles. The molecule has 2 heteroatoms. The summed E-state index contributed by atoms with van der Waals surface area (Å²) in [6, 6.07) is 8.70. The number of nitrogens with zero attached hydrogens (tertiary/aromatic N) is 1. The molecule has 2 heterocycles. The number of allylic oxidation sites excluding steroid dienone is 1. The molecule has 1 saturated heterocycles. The van der Waals surface area contributed by atoms with Gasteiger partial charge in [-0.25, -0.2) is 0 Å². The molecule has 0 bridgehead atoms. The van der Waals surface area contributed by atoms with Gasteiger partial charge >= 0.3 is 0 Å². The van der Waals surface area contributed by atoms with Crippen molar-refractivity contribution >= 4 is 5.69 Å². The average molecular weight is 242 g/mol. The first-order chi connectivity index (χ1) is 8.76. The van der Waals surface area contributed by atoms with Crippen LogP contribution in [0.5, 0.6) is 0 Å². The highest BCUT2D eigenvalue weighted by Gasteiger charge is 2.43. The lowest BCUT2D eigenvalue weighted by Gasteiger charge is -2.40. The van der Waals surface area contributed by atoms with Gasteiger partial charge in [0.25, 0.3) is 0 Å². The zero-order valence-corrected chi connectivity index (χ0v) is 11.2. The third kappa shape index (κ3) is 1.67. The number of piperidine rings is 1. The Hall–Kier alpha value is -1.28. The van der Waals surface area contributed by atoms with Crippen LogP contribution in [0.15, 0.2) is 36.5 Å². The topological polar surface area (TPSA) is 15.3 Å². The first kappa shape index (κ1) is 11.8. The van der Waals surface area contributed by atoms with Gasteiger partial charge in [-0.2, -0.15) is 0 Å². The molecule has 1 fully saturated rings. The predicted octanol–water partition coefficient (Wildman–Crippen LogP) is 3.37. The molecule has 1 aromatic rings. The molecule has 2 aliphatic heterocycles. The lowest BCUT2D eigenvalue weighted by Crippen LogP contribution is -2.42. The summed E-state index contributed by atoms with van der Waals surface area (Å²) in [5.41, 5.74) is 4.14. The van der Waals surface area contributed by atoms with Gasteiger partial charge in [-0.1, -0.05) is 31.7 Å². The summed E-state index contributed by atoms with van der Waals surface area (Å²) >= 11 is 0. The van der Waals surface area contributed by atoms with Gasteiger partial charge < -0.3 is 10.2 Å². The molecule has 1 aromatic carbocycles. The zero-order valence-electron chi connectivity index (χ0n) is 11.2. The number of benzene rings is 1. The Kier molecular flexibility index (Phi) is 2.90. The van der Waals surface area contributed by atoms with Crippen molar-refractivity contribution in [3.05, 3.63) is 42.1 Å². The van der Waals surface area contributed by atoms with E-state index in [4.69, 9.17) is 0 Å². The predicted molar refractivity (Wildman–Crippen MR) is 76.8 cm³/mol. The van der Waals surface area contributed by atoms with E-state index in [2.05, 4.69) is 48.0 Å². The molecule has 2 aliphatic rings. The van der Waals surface area contributed by atoms with E-state index in [1.165, 1.54) is 55.8 Å². The fourth-order valence-corrected chi connectivity index (χ4v) is 3.50. The molecule has 1 N–H and O–H groups in total. The summed E-state index contributed by atoms with van der Waals surface area (Å²) in [5, 5.41) is 3.49. The second kappa shape index (κ2) is 4.43. The molecule has 3 rings (SSSR count). The van der Waals surface area contributed by atoms with Crippen LogP contribution in [0.3, 0.4) is 0 Å². The van der Waals surface area contributed by atoms with Crippen LogP contribution in [0.1, 0.15) is 31.7 Å². The minimum absolute atomic E-state index is 0.195. The summed E-state index contributed by atoms with van der Waals surface area (Å²) in [4.78, 5) is 2.58. The summed E-state index contributed by atoms with van der Waals surface area (Å²) in [6.07, 6.45) is 3.66. The van der Waals surface area contributed by atoms with Crippen molar-refractivity contribution in [2.75, 3.05) is 25.0 Å². The summed E-state index contributed by atoms with van der Waals surface area (Å²) in [5.74, 6) is 0. The normalized spacial score (nSPS) is 21.9. The Morgan fingerprint density at radius 1 is 1.28 bits per heavy atom. The van der Waals surface area contributed by atoms with Crippen LogP contribution >= 0.6 is 0 Å². The van der Waals surface area contributed by atoms with Crippen molar-refractivity contribution in [2.45, 2.75) is 31.6 Å². The van der Waals surface area contributed by atoms with E-state index in [9.17, 15) is 0 Å². The number of hydrogen-bond donors (Lipinski definition) is 1. The van der Waals surface area contributed by atoms with Gasteiger partial charge in [0.1, 0.15) is 0 Å². The Balaban J connectivity index is 1.86. The second-order valence-corrected chi connectivity index (χ2v) is 5.57. The van der Waals surface area contributed by atoms with Gasteiger partial charge in [0.05, 0.1) is 0 Å². The van der Waals surface area contributed by atoms with Crippen LogP contribution in [0.4, 0.5) is 5.69 Å². The summed E-state index contributed by atoms with van der Waals surface area (Å²) in [6.45, 7) is 10.2. The van der Waals surface area contributed by atoms with Crippen LogP contribution in [-0.2, 0) is 5.41 Å².